The molecule has 0 unspecified atom stereocenters. The molecule has 0 fully saturated rings. The first kappa shape index (κ1) is 10.6. The second-order valence-electron chi connectivity index (χ2n) is 3.24. The van der Waals surface area contributed by atoms with Gasteiger partial charge in [-0.3, -0.25) is 10.1 Å². The van der Waals surface area contributed by atoms with Crippen LogP contribution in [0.15, 0.2) is 28.1 Å². The molecule has 0 aliphatic heterocycles. The van der Waals surface area contributed by atoms with E-state index in [1.807, 2.05) is 17.5 Å². The summed E-state index contributed by atoms with van der Waals surface area (Å²) in [5, 5.41) is 20.8. The molecule has 0 radical (unpaired) electrons. The highest BCUT2D eigenvalue weighted by atomic mass is 32.1. The first-order valence-electron chi connectivity index (χ1n) is 4.88. The first-order valence-corrected chi connectivity index (χ1v) is 5.76. The summed E-state index contributed by atoms with van der Waals surface area (Å²) in [6, 6.07) is 5.33. The van der Waals surface area contributed by atoms with Crippen molar-refractivity contribution in [2.24, 2.45) is 0 Å². The Morgan fingerprint density at radius 3 is 3.17 bits per heavy atom. The summed E-state index contributed by atoms with van der Waals surface area (Å²) in [5.74, 6) is 0.173. The number of H-pyrrole nitrogens is 1. The van der Waals surface area contributed by atoms with Crippen LogP contribution in [0.25, 0.3) is 10.6 Å². The Hall–Kier alpha value is -2.55. The van der Waals surface area contributed by atoms with Gasteiger partial charge in [0.1, 0.15) is 0 Å². The van der Waals surface area contributed by atoms with Crippen molar-refractivity contribution in [3.63, 3.8) is 0 Å². The molecule has 0 saturated heterocycles. The predicted octanol–water partition coefficient (Wildman–Crippen LogP) is 1.17. The number of hydrogen-bond acceptors (Lipinski definition) is 7. The lowest BCUT2D eigenvalue weighted by Gasteiger charge is -1.93. The lowest BCUT2D eigenvalue weighted by atomic mass is 10.3. The SMILES string of the molecule is O=C(Nc1nn[nH]n1)c1cc(-c2cccs2)on1. The molecule has 0 saturated carbocycles. The summed E-state index contributed by atoms with van der Waals surface area (Å²) in [4.78, 5) is 12.6. The predicted molar refractivity (Wildman–Crippen MR) is 61.9 cm³/mol. The number of anilines is 1. The molecule has 0 bridgehead atoms. The molecule has 18 heavy (non-hydrogen) atoms. The summed E-state index contributed by atoms with van der Waals surface area (Å²) in [7, 11) is 0. The maximum atomic E-state index is 11.7. The molecule has 3 heterocycles. The number of carbonyl (C=O) groups is 1. The van der Waals surface area contributed by atoms with Gasteiger partial charge in [0, 0.05) is 6.07 Å². The molecule has 8 nitrogen and oxygen atoms in total. The Morgan fingerprint density at radius 1 is 1.50 bits per heavy atom. The number of rotatable bonds is 3. The lowest BCUT2D eigenvalue weighted by molar-refractivity contribution is 0.101. The van der Waals surface area contributed by atoms with Crippen LogP contribution >= 0.6 is 11.3 Å². The number of amides is 1. The Kier molecular flexibility index (Phi) is 2.57. The van der Waals surface area contributed by atoms with E-state index in [4.69, 9.17) is 4.52 Å². The van der Waals surface area contributed by atoms with Crippen molar-refractivity contribution < 1.29 is 9.32 Å². The molecular weight excluding hydrogens is 256 g/mol. The van der Waals surface area contributed by atoms with E-state index in [1.54, 1.807) is 6.07 Å². The zero-order valence-corrected chi connectivity index (χ0v) is 9.64. The van der Waals surface area contributed by atoms with Crippen molar-refractivity contribution in [3.8, 4) is 10.6 Å². The molecule has 3 aromatic rings. The van der Waals surface area contributed by atoms with E-state index in [9.17, 15) is 4.79 Å². The zero-order valence-electron chi connectivity index (χ0n) is 8.82. The van der Waals surface area contributed by atoms with Gasteiger partial charge in [-0.15, -0.1) is 16.4 Å². The number of tetrazole rings is 1. The van der Waals surface area contributed by atoms with Crippen LogP contribution in [0.5, 0.6) is 0 Å². The van der Waals surface area contributed by atoms with E-state index in [2.05, 4.69) is 31.1 Å². The van der Waals surface area contributed by atoms with Gasteiger partial charge in [0.2, 0.25) is 0 Å². The number of hydrogen-bond donors (Lipinski definition) is 2. The van der Waals surface area contributed by atoms with Gasteiger partial charge in [0.15, 0.2) is 11.5 Å². The number of thiophene rings is 1. The summed E-state index contributed by atoms with van der Waals surface area (Å²) in [6.45, 7) is 0. The van der Waals surface area contributed by atoms with Crippen molar-refractivity contribution in [1.29, 1.82) is 0 Å². The monoisotopic (exact) mass is 262 g/mol. The normalized spacial score (nSPS) is 10.4. The third-order valence-electron chi connectivity index (χ3n) is 2.08. The summed E-state index contributed by atoms with van der Waals surface area (Å²) in [6.07, 6.45) is 0. The second-order valence-corrected chi connectivity index (χ2v) is 4.19. The molecule has 3 aromatic heterocycles. The van der Waals surface area contributed by atoms with E-state index in [0.29, 0.717) is 5.76 Å². The second kappa shape index (κ2) is 4.37. The van der Waals surface area contributed by atoms with Crippen molar-refractivity contribution in [3.05, 3.63) is 29.3 Å². The maximum absolute atomic E-state index is 11.7. The lowest BCUT2D eigenvalue weighted by Crippen LogP contribution is -2.13. The fraction of sp³-hybridized carbons (Fsp3) is 0. The highest BCUT2D eigenvalue weighted by molar-refractivity contribution is 7.13. The maximum Gasteiger partial charge on any atom is 0.280 e. The van der Waals surface area contributed by atoms with E-state index in [0.717, 1.165) is 4.88 Å². The van der Waals surface area contributed by atoms with E-state index < -0.39 is 5.91 Å². The van der Waals surface area contributed by atoms with Crippen LogP contribution in [0.2, 0.25) is 0 Å². The molecule has 2 N–H and O–H groups in total. The van der Waals surface area contributed by atoms with Gasteiger partial charge in [-0.2, -0.15) is 5.21 Å². The van der Waals surface area contributed by atoms with Crippen LogP contribution in [0.3, 0.4) is 0 Å². The molecule has 0 aromatic carbocycles. The van der Waals surface area contributed by atoms with Crippen LogP contribution in [0.1, 0.15) is 10.5 Å². The van der Waals surface area contributed by atoms with Crippen molar-refractivity contribution >= 4 is 23.2 Å². The average molecular weight is 262 g/mol. The molecule has 0 aliphatic carbocycles. The van der Waals surface area contributed by atoms with Crippen LogP contribution in [-0.2, 0) is 0 Å². The number of nitrogens with one attached hydrogen (secondary N) is 2. The van der Waals surface area contributed by atoms with Crippen LogP contribution in [0, 0.1) is 0 Å². The summed E-state index contributed by atoms with van der Waals surface area (Å²) in [5.41, 5.74) is 0.156. The topological polar surface area (TPSA) is 110 Å². The van der Waals surface area contributed by atoms with Crippen LogP contribution < -0.4 is 5.32 Å². The molecular formula is C9H6N6O2S. The zero-order chi connectivity index (χ0) is 12.4. The van der Waals surface area contributed by atoms with Gasteiger partial charge in [0.05, 0.1) is 4.88 Å². The van der Waals surface area contributed by atoms with Crippen molar-refractivity contribution in [2.75, 3.05) is 5.32 Å². The molecule has 1 amide bonds. The molecule has 0 atom stereocenters. The number of carbonyl (C=O) groups excluding carboxylic acids is 1. The quantitative estimate of drug-likeness (QED) is 0.733. The molecule has 0 spiro atoms. The smallest absolute Gasteiger partial charge is 0.280 e. The van der Waals surface area contributed by atoms with E-state index in [-0.39, 0.29) is 11.6 Å². The Labute approximate surface area is 104 Å². The van der Waals surface area contributed by atoms with Crippen LogP contribution in [0.4, 0.5) is 5.95 Å². The third-order valence-corrected chi connectivity index (χ3v) is 2.96. The van der Waals surface area contributed by atoms with Crippen molar-refractivity contribution in [2.45, 2.75) is 0 Å². The minimum Gasteiger partial charge on any atom is -0.355 e. The van der Waals surface area contributed by atoms with Crippen LogP contribution in [-0.4, -0.2) is 31.7 Å². The molecule has 90 valence electrons. The molecule has 0 aliphatic rings. The van der Waals surface area contributed by atoms with Gasteiger partial charge in [-0.1, -0.05) is 16.3 Å². The summed E-state index contributed by atoms with van der Waals surface area (Å²) < 4.78 is 5.08. The van der Waals surface area contributed by atoms with E-state index in [1.165, 1.54) is 11.3 Å². The standard InChI is InChI=1S/C9H6N6O2S/c16-8(10-9-11-14-15-12-9)5-4-6(17-13-5)7-2-1-3-18-7/h1-4H,(H2,10,11,12,14,15,16). The largest absolute Gasteiger partial charge is 0.355 e. The number of aromatic amines is 1. The van der Waals surface area contributed by atoms with Gasteiger partial charge in [0.25, 0.3) is 11.9 Å². The minimum absolute atomic E-state index is 0.0840. The van der Waals surface area contributed by atoms with Gasteiger partial charge < -0.3 is 4.52 Å². The van der Waals surface area contributed by atoms with Gasteiger partial charge >= 0.3 is 0 Å². The molecule has 3 rings (SSSR count). The number of aromatic nitrogens is 5. The van der Waals surface area contributed by atoms with E-state index >= 15 is 0 Å². The fourth-order valence-electron chi connectivity index (χ4n) is 1.30. The Balaban J connectivity index is 1.79. The van der Waals surface area contributed by atoms with Gasteiger partial charge in [-0.05, 0) is 16.7 Å². The number of nitrogens with zero attached hydrogens (tertiary/aromatic N) is 4. The summed E-state index contributed by atoms with van der Waals surface area (Å²) >= 11 is 1.50. The molecule has 9 heteroatoms. The minimum atomic E-state index is -0.456. The highest BCUT2D eigenvalue weighted by Gasteiger charge is 2.15. The highest BCUT2D eigenvalue weighted by Crippen LogP contribution is 2.25. The average Bonchev–Trinajstić information content (AvgIpc) is 3.11. The Morgan fingerprint density at radius 2 is 2.44 bits per heavy atom. The fourth-order valence-corrected chi connectivity index (χ4v) is 1.97. The van der Waals surface area contributed by atoms with Crippen molar-refractivity contribution in [1.82, 2.24) is 25.8 Å². The van der Waals surface area contributed by atoms with Gasteiger partial charge in [-0.25, -0.2) is 0 Å². The Bertz CT molecular complexity index is 644. The third kappa shape index (κ3) is 1.98. The first-order chi connectivity index (χ1) is 8.83.